The van der Waals surface area contributed by atoms with Crippen LogP contribution in [0.25, 0.3) is 0 Å². The number of nitrogens with one attached hydrogen (secondary N) is 1. The van der Waals surface area contributed by atoms with E-state index in [4.69, 9.17) is 0 Å². The van der Waals surface area contributed by atoms with Crippen LogP contribution >= 0.6 is 0 Å². The molecule has 1 aliphatic rings. The lowest BCUT2D eigenvalue weighted by Crippen LogP contribution is -2.33. The highest BCUT2D eigenvalue weighted by Gasteiger charge is 2.26. The maximum Gasteiger partial charge on any atom is 0.389 e. The van der Waals surface area contributed by atoms with Gasteiger partial charge < -0.3 is 5.32 Å². The molecule has 20 heavy (non-hydrogen) atoms. The summed E-state index contributed by atoms with van der Waals surface area (Å²) in [4.78, 5) is 0. The smallest absolute Gasteiger partial charge is 0.314 e. The Morgan fingerprint density at radius 2 is 1.65 bits per heavy atom. The molecule has 0 amide bonds. The Bertz CT molecular complexity index is 380. The monoisotopic (exact) mass is 285 g/mol. The van der Waals surface area contributed by atoms with Crippen LogP contribution in [0.5, 0.6) is 0 Å². The molecule has 2 rings (SSSR count). The zero-order chi connectivity index (χ0) is 14.4. The Kier molecular flexibility index (Phi) is 5.46. The van der Waals surface area contributed by atoms with Gasteiger partial charge in [0.25, 0.3) is 0 Å². The summed E-state index contributed by atoms with van der Waals surface area (Å²) >= 11 is 0. The molecule has 0 saturated heterocycles. The maximum atomic E-state index is 12.0. The SMILES string of the molecule is FC(F)(F)CCCNC1CCC(c2ccccc2)CC1. The van der Waals surface area contributed by atoms with E-state index >= 15 is 0 Å². The Morgan fingerprint density at radius 1 is 1.00 bits per heavy atom. The van der Waals surface area contributed by atoms with Crippen molar-refractivity contribution in [3.63, 3.8) is 0 Å². The largest absolute Gasteiger partial charge is 0.389 e. The summed E-state index contributed by atoms with van der Waals surface area (Å²) in [6.07, 6.45) is -0.146. The van der Waals surface area contributed by atoms with Crippen LogP contribution < -0.4 is 5.32 Å². The van der Waals surface area contributed by atoms with Crippen molar-refractivity contribution in [1.82, 2.24) is 5.32 Å². The standard InChI is InChI=1S/C16H22F3N/c17-16(18,19)11-4-12-20-15-9-7-14(8-10-15)13-5-2-1-3-6-13/h1-3,5-6,14-15,20H,4,7-12H2. The van der Waals surface area contributed by atoms with Crippen molar-refractivity contribution in [2.75, 3.05) is 6.54 Å². The minimum atomic E-state index is -4.02. The number of hydrogen-bond donors (Lipinski definition) is 1. The van der Waals surface area contributed by atoms with Crippen LogP contribution in [0.1, 0.15) is 50.0 Å². The van der Waals surface area contributed by atoms with Gasteiger partial charge in [0.2, 0.25) is 0 Å². The second-order valence-corrected chi connectivity index (χ2v) is 5.63. The molecule has 1 aromatic carbocycles. The molecule has 0 aliphatic heterocycles. The minimum Gasteiger partial charge on any atom is -0.314 e. The first-order chi connectivity index (χ1) is 9.54. The van der Waals surface area contributed by atoms with Gasteiger partial charge in [0.1, 0.15) is 0 Å². The predicted molar refractivity (Wildman–Crippen MR) is 74.7 cm³/mol. The average molecular weight is 285 g/mol. The fraction of sp³-hybridized carbons (Fsp3) is 0.625. The molecule has 1 aromatic rings. The zero-order valence-corrected chi connectivity index (χ0v) is 11.6. The number of hydrogen-bond acceptors (Lipinski definition) is 1. The van der Waals surface area contributed by atoms with E-state index in [2.05, 4.69) is 29.6 Å². The molecule has 112 valence electrons. The van der Waals surface area contributed by atoms with Gasteiger partial charge in [0, 0.05) is 12.5 Å². The molecule has 1 nitrogen and oxygen atoms in total. The van der Waals surface area contributed by atoms with E-state index in [1.807, 2.05) is 6.07 Å². The maximum absolute atomic E-state index is 12.0. The highest BCUT2D eigenvalue weighted by atomic mass is 19.4. The van der Waals surface area contributed by atoms with Crippen LogP contribution in [0.2, 0.25) is 0 Å². The Labute approximate surface area is 118 Å². The molecular formula is C16H22F3N. The van der Waals surface area contributed by atoms with E-state index in [0.717, 1.165) is 25.7 Å². The molecule has 0 atom stereocenters. The van der Waals surface area contributed by atoms with Gasteiger partial charge in [0.05, 0.1) is 0 Å². The van der Waals surface area contributed by atoms with Crippen LogP contribution in [0, 0.1) is 0 Å². The first kappa shape index (κ1) is 15.4. The third-order valence-electron chi connectivity index (χ3n) is 4.07. The van der Waals surface area contributed by atoms with Gasteiger partial charge in [-0.25, -0.2) is 0 Å². The molecular weight excluding hydrogens is 263 g/mol. The topological polar surface area (TPSA) is 12.0 Å². The van der Waals surface area contributed by atoms with Gasteiger partial charge in [0.15, 0.2) is 0 Å². The summed E-state index contributed by atoms with van der Waals surface area (Å²) in [5.74, 6) is 0.615. The second kappa shape index (κ2) is 7.11. The van der Waals surface area contributed by atoms with E-state index in [-0.39, 0.29) is 6.42 Å². The van der Waals surface area contributed by atoms with Gasteiger partial charge in [-0.05, 0) is 50.1 Å². The van der Waals surface area contributed by atoms with Crippen LogP contribution in [0.15, 0.2) is 30.3 Å². The molecule has 1 aliphatic carbocycles. The van der Waals surface area contributed by atoms with Gasteiger partial charge in [-0.1, -0.05) is 30.3 Å². The quantitative estimate of drug-likeness (QED) is 0.777. The van der Waals surface area contributed by atoms with E-state index < -0.39 is 12.6 Å². The fourth-order valence-electron chi connectivity index (χ4n) is 2.95. The van der Waals surface area contributed by atoms with Crippen molar-refractivity contribution in [1.29, 1.82) is 0 Å². The number of halogens is 3. The summed E-state index contributed by atoms with van der Waals surface area (Å²) in [6, 6.07) is 10.9. The van der Waals surface area contributed by atoms with E-state index in [0.29, 0.717) is 18.5 Å². The fourth-order valence-corrected chi connectivity index (χ4v) is 2.95. The molecule has 0 unspecified atom stereocenters. The number of alkyl halides is 3. The molecule has 0 radical (unpaired) electrons. The summed E-state index contributed by atoms with van der Waals surface area (Å²) in [5.41, 5.74) is 1.39. The third-order valence-corrected chi connectivity index (χ3v) is 4.07. The summed E-state index contributed by atoms with van der Waals surface area (Å²) in [7, 11) is 0. The summed E-state index contributed by atoms with van der Waals surface area (Å²) < 4.78 is 36.1. The zero-order valence-electron chi connectivity index (χ0n) is 11.6. The van der Waals surface area contributed by atoms with Gasteiger partial charge in [-0.15, -0.1) is 0 Å². The van der Waals surface area contributed by atoms with Crippen molar-refractivity contribution < 1.29 is 13.2 Å². The first-order valence-electron chi connectivity index (χ1n) is 7.40. The van der Waals surface area contributed by atoms with E-state index in [9.17, 15) is 13.2 Å². The normalized spacial score (nSPS) is 23.8. The lowest BCUT2D eigenvalue weighted by Gasteiger charge is -2.29. The lowest BCUT2D eigenvalue weighted by atomic mass is 9.82. The molecule has 1 saturated carbocycles. The van der Waals surface area contributed by atoms with E-state index in [1.54, 1.807) is 0 Å². The van der Waals surface area contributed by atoms with Gasteiger partial charge in [-0.2, -0.15) is 13.2 Å². The third kappa shape index (κ3) is 5.16. The number of rotatable bonds is 5. The average Bonchev–Trinajstić information content (AvgIpc) is 2.44. The van der Waals surface area contributed by atoms with Crippen molar-refractivity contribution in [3.05, 3.63) is 35.9 Å². The Morgan fingerprint density at radius 3 is 2.25 bits per heavy atom. The van der Waals surface area contributed by atoms with Crippen molar-refractivity contribution >= 4 is 0 Å². The first-order valence-corrected chi connectivity index (χ1v) is 7.40. The van der Waals surface area contributed by atoms with Crippen molar-refractivity contribution in [3.8, 4) is 0 Å². The van der Waals surface area contributed by atoms with E-state index in [1.165, 1.54) is 5.56 Å². The highest BCUT2D eigenvalue weighted by Crippen LogP contribution is 2.32. The van der Waals surface area contributed by atoms with Gasteiger partial charge >= 0.3 is 6.18 Å². The summed E-state index contributed by atoms with van der Waals surface area (Å²) in [6.45, 7) is 0.472. The minimum absolute atomic E-state index is 0.183. The summed E-state index contributed by atoms with van der Waals surface area (Å²) in [5, 5.41) is 3.27. The lowest BCUT2D eigenvalue weighted by molar-refractivity contribution is -0.135. The molecule has 1 N–H and O–H groups in total. The van der Waals surface area contributed by atoms with Crippen molar-refractivity contribution in [2.24, 2.45) is 0 Å². The molecule has 0 aromatic heterocycles. The van der Waals surface area contributed by atoms with Gasteiger partial charge in [-0.3, -0.25) is 0 Å². The van der Waals surface area contributed by atoms with Crippen LogP contribution in [-0.4, -0.2) is 18.8 Å². The Hall–Kier alpha value is -1.03. The molecule has 1 fully saturated rings. The van der Waals surface area contributed by atoms with Crippen molar-refractivity contribution in [2.45, 2.75) is 56.7 Å². The van der Waals surface area contributed by atoms with Crippen LogP contribution in [0.4, 0.5) is 13.2 Å². The number of benzene rings is 1. The highest BCUT2D eigenvalue weighted by molar-refractivity contribution is 5.20. The van der Waals surface area contributed by atoms with Crippen LogP contribution in [0.3, 0.4) is 0 Å². The Balaban J connectivity index is 1.65. The predicted octanol–water partition coefficient (Wildman–Crippen LogP) is 4.64. The second-order valence-electron chi connectivity index (χ2n) is 5.63. The van der Waals surface area contributed by atoms with Crippen LogP contribution in [-0.2, 0) is 0 Å². The molecule has 0 bridgehead atoms. The molecule has 0 spiro atoms. The molecule has 4 heteroatoms. The molecule has 0 heterocycles.